The van der Waals surface area contributed by atoms with Gasteiger partial charge in [-0.25, -0.2) is 8.42 Å². The smallest absolute Gasteiger partial charge is 0.748 e. The maximum absolute atomic E-state index is 13.2. The van der Waals surface area contributed by atoms with Crippen molar-refractivity contribution in [2.75, 3.05) is 0 Å². The van der Waals surface area contributed by atoms with E-state index in [1.165, 1.54) is 0 Å². The Bertz CT molecular complexity index is 503. The van der Waals surface area contributed by atoms with Crippen LogP contribution < -0.4 is 29.6 Å². The van der Waals surface area contributed by atoms with Crippen molar-refractivity contribution >= 4 is 15.8 Å². The number of nitrogens with zero attached hydrogens (tertiary/aromatic N) is 1. The maximum atomic E-state index is 13.2. The molecule has 0 aliphatic carbocycles. The summed E-state index contributed by atoms with van der Waals surface area (Å²) in [5, 5.41) is 10.3. The summed E-state index contributed by atoms with van der Waals surface area (Å²) in [4.78, 5) is 9.29. The summed E-state index contributed by atoms with van der Waals surface area (Å²) in [5.74, 6) is -2.39. The topological polar surface area (TPSA) is 100 Å². The molecule has 0 aliphatic heterocycles. The van der Waals surface area contributed by atoms with Crippen molar-refractivity contribution in [2.45, 2.75) is 5.75 Å². The molecule has 0 amide bonds. The molecule has 0 unspecified atom stereocenters. The van der Waals surface area contributed by atoms with Gasteiger partial charge >= 0.3 is 35.2 Å². The van der Waals surface area contributed by atoms with Gasteiger partial charge in [0.25, 0.3) is 0 Å². The molecule has 0 aromatic heterocycles. The molecule has 9 heteroatoms. The normalized spacial score (nSPS) is 10.6. The number of nitro groups is 1. The Kier molecular flexibility index (Phi) is 5.50. The summed E-state index contributed by atoms with van der Waals surface area (Å²) < 4.78 is 44.2. The van der Waals surface area contributed by atoms with E-state index in [2.05, 4.69) is 0 Å². The van der Waals surface area contributed by atoms with Gasteiger partial charge in [0.05, 0.1) is 20.8 Å². The minimum Gasteiger partial charge on any atom is -0.748 e. The number of hydrogen-bond acceptors (Lipinski definition) is 5. The van der Waals surface area contributed by atoms with Crippen LogP contribution in [0.4, 0.5) is 10.1 Å². The zero-order chi connectivity index (χ0) is 11.6. The van der Waals surface area contributed by atoms with Crippen molar-refractivity contribution in [1.82, 2.24) is 0 Å². The minimum absolute atomic E-state index is 0. The molecule has 1 rings (SSSR count). The Morgan fingerprint density at radius 1 is 1.38 bits per heavy atom. The molecule has 0 fully saturated rings. The van der Waals surface area contributed by atoms with Gasteiger partial charge in [-0.1, -0.05) is 12.1 Å². The Labute approximate surface area is 113 Å². The van der Waals surface area contributed by atoms with E-state index in [1.807, 2.05) is 0 Å². The fraction of sp³-hybridized carbons (Fsp3) is 0.143. The zero-order valence-electron chi connectivity index (χ0n) is 8.21. The van der Waals surface area contributed by atoms with Crippen molar-refractivity contribution < 1.29 is 51.8 Å². The average molecular weight is 257 g/mol. The Morgan fingerprint density at radius 2 is 1.94 bits per heavy atom. The fourth-order valence-corrected chi connectivity index (χ4v) is 1.61. The van der Waals surface area contributed by atoms with Gasteiger partial charge in [-0.15, -0.1) is 0 Å². The molecule has 1 aromatic carbocycles. The van der Waals surface area contributed by atoms with Crippen LogP contribution >= 0.6 is 0 Å². The second-order valence-electron chi connectivity index (χ2n) is 2.71. The van der Waals surface area contributed by atoms with Gasteiger partial charge in [0, 0.05) is 11.6 Å². The molecule has 0 heterocycles. The van der Waals surface area contributed by atoms with E-state index >= 15 is 0 Å². The molecule has 0 spiro atoms. The van der Waals surface area contributed by atoms with Crippen LogP contribution in [-0.4, -0.2) is 17.9 Å². The van der Waals surface area contributed by atoms with Crippen molar-refractivity contribution in [2.24, 2.45) is 0 Å². The first-order valence-electron chi connectivity index (χ1n) is 3.66. The molecular formula is C7H5FNNaO5S. The monoisotopic (exact) mass is 257 g/mol. The first-order chi connectivity index (χ1) is 6.81. The SMILES string of the molecule is O=[N+]([O-])c1cccc(CS(=O)(=O)[O-])c1F.[Na+]. The summed E-state index contributed by atoms with van der Waals surface area (Å²) in [7, 11) is -4.65. The molecular weight excluding hydrogens is 252 g/mol. The number of halogens is 1. The largest absolute Gasteiger partial charge is 1.00 e. The third-order valence-electron chi connectivity index (χ3n) is 1.59. The van der Waals surface area contributed by atoms with Gasteiger partial charge in [-0.2, -0.15) is 4.39 Å². The van der Waals surface area contributed by atoms with Crippen molar-refractivity contribution in [1.29, 1.82) is 0 Å². The van der Waals surface area contributed by atoms with Crippen molar-refractivity contribution in [3.63, 3.8) is 0 Å². The van der Waals surface area contributed by atoms with Crippen LogP contribution in [0.5, 0.6) is 0 Å². The predicted molar refractivity (Wildman–Crippen MR) is 46.5 cm³/mol. The third kappa shape index (κ3) is 4.14. The predicted octanol–water partition coefficient (Wildman–Crippen LogP) is -2.22. The first-order valence-corrected chi connectivity index (χ1v) is 5.24. The first kappa shape index (κ1) is 15.5. The molecule has 0 aliphatic rings. The molecule has 0 N–H and O–H groups in total. The molecule has 6 nitrogen and oxygen atoms in total. The van der Waals surface area contributed by atoms with Crippen LogP contribution in [0.1, 0.15) is 5.56 Å². The molecule has 0 atom stereocenters. The van der Waals surface area contributed by atoms with Gasteiger partial charge in [-0.3, -0.25) is 10.1 Å². The summed E-state index contributed by atoms with van der Waals surface area (Å²) in [6.45, 7) is 0. The van der Waals surface area contributed by atoms with Gasteiger partial charge in [0.1, 0.15) is 0 Å². The summed E-state index contributed by atoms with van der Waals surface area (Å²) in [5.41, 5.74) is -1.35. The van der Waals surface area contributed by atoms with Crippen LogP contribution in [0.15, 0.2) is 18.2 Å². The average Bonchev–Trinajstić information content (AvgIpc) is 2.05. The van der Waals surface area contributed by atoms with Crippen LogP contribution in [-0.2, 0) is 15.9 Å². The van der Waals surface area contributed by atoms with E-state index in [1.54, 1.807) is 0 Å². The second kappa shape index (κ2) is 5.69. The van der Waals surface area contributed by atoms with E-state index in [0.717, 1.165) is 18.2 Å². The van der Waals surface area contributed by atoms with E-state index in [4.69, 9.17) is 0 Å². The van der Waals surface area contributed by atoms with Gasteiger partial charge < -0.3 is 4.55 Å². The minimum atomic E-state index is -4.65. The number of benzene rings is 1. The van der Waals surface area contributed by atoms with Crippen molar-refractivity contribution in [3.05, 3.63) is 39.7 Å². The standard InChI is InChI=1S/C7H6FNO5S.Na/c8-7-5(4-15(12,13)14)2-1-3-6(7)9(10)11;/h1-3H,4H2,(H,12,13,14);/q;+1/p-1. The fourth-order valence-electron chi connectivity index (χ4n) is 1.01. The number of hydrogen-bond donors (Lipinski definition) is 0. The molecule has 0 radical (unpaired) electrons. The third-order valence-corrected chi connectivity index (χ3v) is 2.25. The summed E-state index contributed by atoms with van der Waals surface area (Å²) in [6, 6.07) is 3.01. The molecule has 1 aromatic rings. The molecule has 82 valence electrons. The second-order valence-corrected chi connectivity index (χ2v) is 4.11. The maximum Gasteiger partial charge on any atom is 1.00 e. The van der Waals surface area contributed by atoms with Gasteiger partial charge in [0.15, 0.2) is 0 Å². The summed E-state index contributed by atoms with van der Waals surface area (Å²) >= 11 is 0. The van der Waals surface area contributed by atoms with E-state index < -0.39 is 37.9 Å². The van der Waals surface area contributed by atoms with Gasteiger partial charge in [0.2, 0.25) is 5.82 Å². The van der Waals surface area contributed by atoms with E-state index in [9.17, 15) is 27.5 Å². The summed E-state index contributed by atoms with van der Waals surface area (Å²) in [6.07, 6.45) is 0. The van der Waals surface area contributed by atoms with E-state index in [-0.39, 0.29) is 29.6 Å². The molecule has 0 saturated carbocycles. The molecule has 0 saturated heterocycles. The van der Waals surface area contributed by atoms with Crippen LogP contribution in [0.25, 0.3) is 0 Å². The number of rotatable bonds is 3. The molecule has 0 bridgehead atoms. The Morgan fingerprint density at radius 3 is 2.38 bits per heavy atom. The number of nitro benzene ring substituents is 1. The van der Waals surface area contributed by atoms with Crippen molar-refractivity contribution in [3.8, 4) is 0 Å². The van der Waals surface area contributed by atoms with E-state index in [0.29, 0.717) is 0 Å². The van der Waals surface area contributed by atoms with Crippen LogP contribution in [0.2, 0.25) is 0 Å². The van der Waals surface area contributed by atoms with Gasteiger partial charge in [-0.05, 0) is 0 Å². The zero-order valence-corrected chi connectivity index (χ0v) is 11.0. The van der Waals surface area contributed by atoms with Crippen LogP contribution in [0, 0.1) is 15.9 Å². The Balaban J connectivity index is 0.00000225. The quantitative estimate of drug-likeness (QED) is 0.264. The van der Waals surface area contributed by atoms with Crippen LogP contribution in [0.3, 0.4) is 0 Å². The molecule has 16 heavy (non-hydrogen) atoms. The Hall–Kier alpha value is -0.540.